The van der Waals surface area contributed by atoms with Crippen LogP contribution < -0.4 is 4.74 Å². The fourth-order valence-corrected chi connectivity index (χ4v) is 2.18. The van der Waals surface area contributed by atoms with Gasteiger partial charge in [-0.3, -0.25) is 9.98 Å². The second kappa shape index (κ2) is 11.5. The monoisotopic (exact) mass is 316 g/mol. The van der Waals surface area contributed by atoms with E-state index >= 15 is 0 Å². The zero-order chi connectivity index (χ0) is 16.9. The van der Waals surface area contributed by atoms with Crippen LogP contribution in [-0.2, 0) is 4.74 Å². The fraction of sp³-hybridized carbons (Fsp3) is 0.474. The molecule has 0 radical (unpaired) electrons. The van der Waals surface area contributed by atoms with E-state index in [1.54, 1.807) is 18.6 Å². The van der Waals surface area contributed by atoms with Gasteiger partial charge in [-0.15, -0.1) is 0 Å². The minimum absolute atomic E-state index is 0.137. The molecule has 1 aromatic heterocycles. The summed E-state index contributed by atoms with van der Waals surface area (Å²) in [6, 6.07) is 3.77. The summed E-state index contributed by atoms with van der Waals surface area (Å²) in [7, 11) is 0. The van der Waals surface area contributed by atoms with Crippen molar-refractivity contribution in [3.05, 3.63) is 48.1 Å². The molecule has 0 aliphatic heterocycles. The van der Waals surface area contributed by atoms with Crippen LogP contribution in [0.3, 0.4) is 0 Å². The summed E-state index contributed by atoms with van der Waals surface area (Å²) in [6.45, 7) is 10.5. The molecule has 4 nitrogen and oxygen atoms in total. The number of pyridine rings is 1. The molecule has 0 N–H and O–H groups in total. The van der Waals surface area contributed by atoms with E-state index in [0.29, 0.717) is 6.61 Å². The van der Waals surface area contributed by atoms with Gasteiger partial charge in [0.15, 0.2) is 0 Å². The van der Waals surface area contributed by atoms with Gasteiger partial charge in [-0.25, -0.2) is 0 Å². The van der Waals surface area contributed by atoms with Gasteiger partial charge in [-0.05, 0) is 44.7 Å². The lowest BCUT2D eigenvalue weighted by Crippen LogP contribution is -2.22. The molecule has 0 saturated heterocycles. The van der Waals surface area contributed by atoms with E-state index in [2.05, 4.69) is 30.5 Å². The Morgan fingerprint density at radius 1 is 1.39 bits per heavy atom. The summed E-state index contributed by atoms with van der Waals surface area (Å²) in [6.07, 6.45) is 11.0. The lowest BCUT2D eigenvalue weighted by molar-refractivity contribution is 0.179. The van der Waals surface area contributed by atoms with Crippen molar-refractivity contribution in [1.29, 1.82) is 0 Å². The molecule has 0 fully saturated rings. The first-order valence-corrected chi connectivity index (χ1v) is 8.28. The minimum atomic E-state index is -0.137. The summed E-state index contributed by atoms with van der Waals surface area (Å²) in [5, 5.41) is 0. The number of aromatic nitrogens is 1. The normalized spacial score (nSPS) is 13.5. The third-order valence-corrected chi connectivity index (χ3v) is 3.34. The molecular weight excluding hydrogens is 288 g/mol. The molecule has 0 aliphatic carbocycles. The summed E-state index contributed by atoms with van der Waals surface area (Å²) in [5.41, 5.74) is 0.921. The summed E-state index contributed by atoms with van der Waals surface area (Å²) >= 11 is 0. The van der Waals surface area contributed by atoms with Crippen molar-refractivity contribution in [2.75, 3.05) is 6.61 Å². The van der Waals surface area contributed by atoms with E-state index < -0.39 is 0 Å². The van der Waals surface area contributed by atoms with Gasteiger partial charge in [0.05, 0.1) is 18.4 Å². The fourth-order valence-electron chi connectivity index (χ4n) is 2.18. The number of aliphatic imine (C=N–C) groups is 1. The zero-order valence-electron chi connectivity index (χ0n) is 14.5. The predicted molar refractivity (Wildman–Crippen MR) is 95.8 cm³/mol. The highest BCUT2D eigenvalue weighted by molar-refractivity contribution is 5.35. The number of allylic oxidation sites excluding steroid dienone is 1. The van der Waals surface area contributed by atoms with Crippen molar-refractivity contribution in [3.63, 3.8) is 0 Å². The third-order valence-electron chi connectivity index (χ3n) is 3.34. The summed E-state index contributed by atoms with van der Waals surface area (Å²) in [4.78, 5) is 8.05. The Morgan fingerprint density at radius 2 is 2.22 bits per heavy atom. The number of hydrogen-bond acceptors (Lipinski definition) is 4. The van der Waals surface area contributed by atoms with E-state index in [-0.39, 0.29) is 6.10 Å². The first-order chi connectivity index (χ1) is 11.3. The molecule has 0 aromatic carbocycles. The van der Waals surface area contributed by atoms with Crippen LogP contribution in [-0.4, -0.2) is 24.4 Å². The van der Waals surface area contributed by atoms with Crippen LogP contribution in [0.5, 0.6) is 5.75 Å². The number of rotatable bonds is 11. The Morgan fingerprint density at radius 3 is 2.78 bits per heavy atom. The molecule has 0 amide bonds. The number of unbranched alkanes of at least 4 members (excludes halogenated alkanes) is 1. The van der Waals surface area contributed by atoms with E-state index in [4.69, 9.17) is 9.47 Å². The molecule has 0 saturated carbocycles. The van der Waals surface area contributed by atoms with Gasteiger partial charge >= 0.3 is 0 Å². The highest BCUT2D eigenvalue weighted by Crippen LogP contribution is 2.24. The molecule has 1 heterocycles. The van der Waals surface area contributed by atoms with Gasteiger partial charge in [0.25, 0.3) is 0 Å². The lowest BCUT2D eigenvalue weighted by Gasteiger charge is -2.23. The van der Waals surface area contributed by atoms with Crippen LogP contribution in [0, 0.1) is 0 Å². The topological polar surface area (TPSA) is 43.7 Å². The van der Waals surface area contributed by atoms with Gasteiger partial charge in [-0.1, -0.05) is 26.7 Å². The maximum atomic E-state index is 6.12. The molecule has 1 aromatic rings. The van der Waals surface area contributed by atoms with Crippen molar-refractivity contribution in [2.45, 2.75) is 52.6 Å². The second-order valence-electron chi connectivity index (χ2n) is 5.21. The maximum Gasteiger partial charge on any atom is 0.138 e. The average molecular weight is 316 g/mol. The first kappa shape index (κ1) is 18.9. The van der Waals surface area contributed by atoms with Crippen molar-refractivity contribution in [3.8, 4) is 5.75 Å². The third kappa shape index (κ3) is 6.68. The SMILES string of the molecule is C=N/C=C(\C(=C/C)OCCCC)C(CCC)Oc1cccnc1. The number of ether oxygens (including phenoxy) is 2. The number of nitrogens with zero attached hydrogens (tertiary/aromatic N) is 2. The van der Waals surface area contributed by atoms with Gasteiger partial charge in [0.1, 0.15) is 17.6 Å². The van der Waals surface area contributed by atoms with Crippen LogP contribution >= 0.6 is 0 Å². The standard InChI is InChI=1S/C19H28N2O2/c1-5-8-13-22-18(7-3)17(15-20-4)19(10-6-2)23-16-11-9-12-21-14-16/h7,9,11-12,14-15,19H,4-6,8,10,13H2,1-3H3/b17-15+,18-7+. The highest BCUT2D eigenvalue weighted by Gasteiger charge is 2.20. The molecule has 126 valence electrons. The molecule has 1 unspecified atom stereocenters. The predicted octanol–water partition coefficient (Wildman–Crippen LogP) is 4.93. The van der Waals surface area contributed by atoms with Crippen LogP contribution in [0.15, 0.2) is 53.1 Å². The number of hydrogen-bond donors (Lipinski definition) is 0. The first-order valence-electron chi connectivity index (χ1n) is 8.28. The minimum Gasteiger partial charge on any atom is -0.493 e. The second-order valence-corrected chi connectivity index (χ2v) is 5.21. The van der Waals surface area contributed by atoms with Crippen molar-refractivity contribution < 1.29 is 9.47 Å². The molecule has 0 aliphatic rings. The van der Waals surface area contributed by atoms with Crippen LogP contribution in [0.4, 0.5) is 0 Å². The Bertz CT molecular complexity index is 509. The summed E-state index contributed by atoms with van der Waals surface area (Å²) < 4.78 is 12.0. The molecule has 23 heavy (non-hydrogen) atoms. The van der Waals surface area contributed by atoms with Crippen molar-refractivity contribution in [2.24, 2.45) is 4.99 Å². The van der Waals surface area contributed by atoms with Gasteiger partial charge in [0, 0.05) is 12.4 Å². The van der Waals surface area contributed by atoms with Gasteiger partial charge in [0.2, 0.25) is 0 Å². The molecule has 1 rings (SSSR count). The molecular formula is C19H28N2O2. The smallest absolute Gasteiger partial charge is 0.138 e. The van der Waals surface area contributed by atoms with E-state index in [9.17, 15) is 0 Å². The van der Waals surface area contributed by atoms with Crippen LogP contribution in [0.25, 0.3) is 0 Å². The average Bonchev–Trinajstić information content (AvgIpc) is 2.58. The van der Waals surface area contributed by atoms with E-state index in [0.717, 1.165) is 42.8 Å². The van der Waals surface area contributed by atoms with Crippen molar-refractivity contribution in [1.82, 2.24) is 4.98 Å². The quantitative estimate of drug-likeness (QED) is 0.251. The summed E-state index contributed by atoms with van der Waals surface area (Å²) in [5.74, 6) is 1.55. The largest absolute Gasteiger partial charge is 0.493 e. The maximum absolute atomic E-state index is 6.12. The molecule has 1 atom stereocenters. The lowest BCUT2D eigenvalue weighted by atomic mass is 10.0. The zero-order valence-corrected chi connectivity index (χ0v) is 14.5. The van der Waals surface area contributed by atoms with Gasteiger partial charge in [-0.2, -0.15) is 0 Å². The Hall–Kier alpha value is -2.10. The molecule has 4 heteroatoms. The van der Waals surface area contributed by atoms with Crippen LogP contribution in [0.2, 0.25) is 0 Å². The highest BCUT2D eigenvalue weighted by atomic mass is 16.5. The van der Waals surface area contributed by atoms with Crippen molar-refractivity contribution >= 4 is 6.72 Å². The van der Waals surface area contributed by atoms with E-state index in [1.165, 1.54) is 0 Å². The van der Waals surface area contributed by atoms with E-state index in [1.807, 2.05) is 25.1 Å². The Kier molecular flexibility index (Phi) is 9.45. The van der Waals surface area contributed by atoms with Gasteiger partial charge < -0.3 is 9.47 Å². The molecule has 0 spiro atoms. The Balaban J connectivity index is 2.96. The molecule has 0 bridgehead atoms. The van der Waals surface area contributed by atoms with Crippen LogP contribution in [0.1, 0.15) is 46.5 Å². The Labute approximate surface area is 140 Å².